The van der Waals surface area contributed by atoms with Gasteiger partial charge in [0.15, 0.2) is 0 Å². The van der Waals surface area contributed by atoms with Gasteiger partial charge in [0.2, 0.25) is 0 Å². The van der Waals surface area contributed by atoms with E-state index in [0.717, 1.165) is 12.8 Å². The van der Waals surface area contributed by atoms with Crippen LogP contribution in [0.5, 0.6) is 0 Å². The third-order valence-corrected chi connectivity index (χ3v) is 4.02. The van der Waals surface area contributed by atoms with E-state index in [0.29, 0.717) is 11.3 Å². The molecule has 15 heavy (non-hydrogen) atoms. The molecular weight excluding hydrogens is 184 g/mol. The predicted octanol–water partition coefficient (Wildman–Crippen LogP) is 4.14. The second-order valence-corrected chi connectivity index (χ2v) is 6.36. The van der Waals surface area contributed by atoms with Crippen molar-refractivity contribution in [1.82, 2.24) is 0 Å². The van der Waals surface area contributed by atoms with Crippen LogP contribution in [0.15, 0.2) is 0 Å². The quantitative estimate of drug-likeness (QED) is 0.679. The number of hydrogen-bond acceptors (Lipinski definition) is 1. The van der Waals surface area contributed by atoms with Crippen LogP contribution in [0, 0.1) is 11.3 Å². The van der Waals surface area contributed by atoms with Crippen molar-refractivity contribution in [2.75, 3.05) is 0 Å². The summed E-state index contributed by atoms with van der Waals surface area (Å²) in [5.74, 6) is 0.481. The van der Waals surface area contributed by atoms with Gasteiger partial charge in [0.05, 0.1) is 5.60 Å². The lowest BCUT2D eigenvalue weighted by Crippen LogP contribution is -2.31. The lowest BCUT2D eigenvalue weighted by Gasteiger charge is -2.28. The molecule has 1 aliphatic carbocycles. The highest BCUT2D eigenvalue weighted by Gasteiger charge is 2.46. The zero-order valence-corrected chi connectivity index (χ0v) is 11.0. The van der Waals surface area contributed by atoms with Crippen LogP contribution in [0.25, 0.3) is 0 Å². The van der Waals surface area contributed by atoms with Gasteiger partial charge in [-0.15, -0.1) is 0 Å². The Hall–Kier alpha value is -0.0400. The van der Waals surface area contributed by atoms with Crippen molar-refractivity contribution in [1.29, 1.82) is 0 Å². The van der Waals surface area contributed by atoms with E-state index in [1.807, 2.05) is 0 Å². The van der Waals surface area contributed by atoms with E-state index in [9.17, 15) is 5.11 Å². The van der Waals surface area contributed by atoms with E-state index in [-0.39, 0.29) is 5.60 Å². The van der Waals surface area contributed by atoms with Gasteiger partial charge >= 0.3 is 0 Å². The molecule has 0 radical (unpaired) electrons. The number of hydrogen-bond donors (Lipinski definition) is 1. The van der Waals surface area contributed by atoms with E-state index in [4.69, 9.17) is 0 Å². The first-order chi connectivity index (χ1) is 6.90. The molecule has 2 atom stereocenters. The lowest BCUT2D eigenvalue weighted by molar-refractivity contribution is -0.00623. The van der Waals surface area contributed by atoms with Gasteiger partial charge < -0.3 is 5.11 Å². The summed E-state index contributed by atoms with van der Waals surface area (Å²) >= 11 is 0. The smallest absolute Gasteiger partial charge is 0.0678 e. The SMILES string of the molecule is CCCCCCC1(O)CC(C)(C)CC1C. The maximum atomic E-state index is 10.6. The van der Waals surface area contributed by atoms with Crippen LogP contribution in [0.2, 0.25) is 0 Å². The summed E-state index contributed by atoms with van der Waals surface area (Å²) < 4.78 is 0. The first-order valence-electron chi connectivity index (χ1n) is 6.62. The molecule has 0 spiro atoms. The fourth-order valence-electron chi connectivity index (χ4n) is 3.29. The maximum Gasteiger partial charge on any atom is 0.0678 e. The number of aliphatic hydroxyl groups is 1. The van der Waals surface area contributed by atoms with E-state index < -0.39 is 0 Å². The molecule has 0 aromatic carbocycles. The highest BCUT2D eigenvalue weighted by Crippen LogP contribution is 2.49. The molecule has 1 aliphatic rings. The van der Waals surface area contributed by atoms with E-state index in [2.05, 4.69) is 27.7 Å². The molecule has 1 N–H and O–H groups in total. The summed E-state index contributed by atoms with van der Waals surface area (Å²) in [6.07, 6.45) is 8.26. The summed E-state index contributed by atoms with van der Waals surface area (Å²) in [4.78, 5) is 0. The molecule has 90 valence electrons. The van der Waals surface area contributed by atoms with Crippen LogP contribution < -0.4 is 0 Å². The zero-order chi connectivity index (χ0) is 11.5. The minimum atomic E-state index is -0.364. The van der Waals surface area contributed by atoms with E-state index in [1.54, 1.807) is 0 Å². The Morgan fingerprint density at radius 3 is 2.33 bits per heavy atom. The van der Waals surface area contributed by atoms with Crippen LogP contribution in [-0.4, -0.2) is 10.7 Å². The first-order valence-corrected chi connectivity index (χ1v) is 6.62. The second kappa shape index (κ2) is 4.86. The molecule has 2 unspecified atom stereocenters. The zero-order valence-electron chi connectivity index (χ0n) is 11.0. The first kappa shape index (κ1) is 13.0. The Balaban J connectivity index is 2.38. The Morgan fingerprint density at radius 1 is 1.20 bits per heavy atom. The van der Waals surface area contributed by atoms with Crippen LogP contribution in [0.4, 0.5) is 0 Å². The maximum absolute atomic E-state index is 10.6. The Labute approximate surface area is 95.3 Å². The van der Waals surface area contributed by atoms with Crippen molar-refractivity contribution >= 4 is 0 Å². The number of rotatable bonds is 5. The molecule has 0 amide bonds. The molecule has 0 bridgehead atoms. The van der Waals surface area contributed by atoms with Crippen molar-refractivity contribution in [3.8, 4) is 0 Å². The molecule has 1 saturated carbocycles. The van der Waals surface area contributed by atoms with E-state index >= 15 is 0 Å². The lowest BCUT2D eigenvalue weighted by atomic mass is 9.85. The predicted molar refractivity (Wildman–Crippen MR) is 65.9 cm³/mol. The van der Waals surface area contributed by atoms with Crippen LogP contribution in [-0.2, 0) is 0 Å². The van der Waals surface area contributed by atoms with Gasteiger partial charge in [-0.2, -0.15) is 0 Å². The molecule has 1 rings (SSSR count). The van der Waals surface area contributed by atoms with Gasteiger partial charge in [-0.25, -0.2) is 0 Å². The highest BCUT2D eigenvalue weighted by molar-refractivity contribution is 4.98. The average Bonchev–Trinajstić information content (AvgIpc) is 2.30. The van der Waals surface area contributed by atoms with Crippen molar-refractivity contribution in [3.05, 3.63) is 0 Å². The summed E-state index contributed by atoms with van der Waals surface area (Å²) in [6, 6.07) is 0. The van der Waals surface area contributed by atoms with Gasteiger partial charge in [0.1, 0.15) is 0 Å². The van der Waals surface area contributed by atoms with E-state index in [1.165, 1.54) is 32.1 Å². The van der Waals surface area contributed by atoms with Crippen molar-refractivity contribution in [3.63, 3.8) is 0 Å². The van der Waals surface area contributed by atoms with Gasteiger partial charge in [-0.3, -0.25) is 0 Å². The normalized spacial score (nSPS) is 34.6. The average molecular weight is 212 g/mol. The van der Waals surface area contributed by atoms with Gasteiger partial charge in [0.25, 0.3) is 0 Å². The molecule has 0 heterocycles. The van der Waals surface area contributed by atoms with Gasteiger partial charge in [-0.1, -0.05) is 53.4 Å². The largest absolute Gasteiger partial charge is 0.390 e. The van der Waals surface area contributed by atoms with Crippen molar-refractivity contribution < 1.29 is 5.11 Å². The minimum Gasteiger partial charge on any atom is -0.390 e. The Kier molecular flexibility index (Phi) is 4.22. The third kappa shape index (κ3) is 3.48. The number of unbranched alkanes of at least 4 members (excludes halogenated alkanes) is 3. The summed E-state index contributed by atoms with van der Waals surface area (Å²) in [6.45, 7) is 9.02. The Morgan fingerprint density at radius 2 is 1.87 bits per heavy atom. The summed E-state index contributed by atoms with van der Waals surface area (Å²) in [7, 11) is 0. The summed E-state index contributed by atoms with van der Waals surface area (Å²) in [5, 5.41) is 10.6. The molecule has 1 heteroatoms. The van der Waals surface area contributed by atoms with Crippen molar-refractivity contribution in [2.45, 2.75) is 78.2 Å². The molecule has 1 fully saturated rings. The molecule has 0 aliphatic heterocycles. The minimum absolute atomic E-state index is 0.346. The molecule has 0 aromatic heterocycles. The standard InChI is InChI=1S/C14H28O/c1-5-6-7-8-9-14(15)11-13(3,4)10-12(14)2/h12,15H,5-11H2,1-4H3. The van der Waals surface area contributed by atoms with Crippen LogP contribution in [0.1, 0.15) is 72.6 Å². The van der Waals surface area contributed by atoms with Gasteiger partial charge in [0, 0.05) is 0 Å². The molecule has 0 aromatic rings. The topological polar surface area (TPSA) is 20.2 Å². The van der Waals surface area contributed by atoms with Crippen LogP contribution >= 0.6 is 0 Å². The Bertz CT molecular complexity index is 198. The molecular formula is C14H28O. The third-order valence-electron chi connectivity index (χ3n) is 4.02. The van der Waals surface area contributed by atoms with Crippen molar-refractivity contribution in [2.24, 2.45) is 11.3 Å². The fourth-order valence-corrected chi connectivity index (χ4v) is 3.29. The van der Waals surface area contributed by atoms with Crippen LogP contribution in [0.3, 0.4) is 0 Å². The van der Waals surface area contributed by atoms with Gasteiger partial charge in [-0.05, 0) is 30.6 Å². The second-order valence-electron chi connectivity index (χ2n) is 6.36. The summed E-state index contributed by atoms with van der Waals surface area (Å²) in [5.41, 5.74) is -0.0177. The molecule has 0 saturated heterocycles. The fraction of sp³-hybridized carbons (Fsp3) is 1.00. The highest BCUT2D eigenvalue weighted by atomic mass is 16.3. The monoisotopic (exact) mass is 212 g/mol. The molecule has 1 nitrogen and oxygen atoms in total.